The Morgan fingerprint density at radius 2 is 2.24 bits per heavy atom. The van der Waals surface area contributed by atoms with Crippen LogP contribution in [0, 0.1) is 11.3 Å². The minimum Gasteiger partial charge on any atom is -0.508 e. The predicted molar refractivity (Wildman–Crippen MR) is 66.7 cm³/mol. The maximum atomic E-state index is 11.9. The summed E-state index contributed by atoms with van der Waals surface area (Å²) in [4.78, 5) is 11.9. The third-order valence-corrected chi connectivity index (χ3v) is 3.51. The Labute approximate surface area is 101 Å². The number of anilines is 1. The van der Waals surface area contributed by atoms with Crippen molar-refractivity contribution in [3.05, 3.63) is 23.8 Å². The van der Waals surface area contributed by atoms with Gasteiger partial charge in [-0.3, -0.25) is 4.79 Å². The van der Waals surface area contributed by atoms with E-state index in [0.717, 1.165) is 6.42 Å². The number of nitrogens with two attached hydrogens (primary N) is 1. The van der Waals surface area contributed by atoms with Crippen molar-refractivity contribution in [2.45, 2.75) is 20.3 Å². The van der Waals surface area contributed by atoms with Gasteiger partial charge in [-0.2, -0.15) is 0 Å². The number of hydrogen-bond acceptors (Lipinski definition) is 3. The SMILES string of the molecule is CC1(C)CC1CNC(=O)c1cc(O)ccc1N. The van der Waals surface area contributed by atoms with Crippen molar-refractivity contribution < 1.29 is 9.90 Å². The zero-order chi connectivity index (χ0) is 12.6. The van der Waals surface area contributed by atoms with Crippen molar-refractivity contribution in [3.8, 4) is 5.75 Å². The highest BCUT2D eigenvalue weighted by molar-refractivity contribution is 5.99. The molecule has 0 heterocycles. The van der Waals surface area contributed by atoms with Gasteiger partial charge in [-0.1, -0.05) is 13.8 Å². The Balaban J connectivity index is 1.98. The predicted octanol–water partition coefficient (Wildman–Crippen LogP) is 1.75. The molecule has 4 N–H and O–H groups in total. The topological polar surface area (TPSA) is 75.3 Å². The molecule has 1 aromatic rings. The number of aromatic hydroxyl groups is 1. The lowest BCUT2D eigenvalue weighted by atomic mass is 10.1. The number of carbonyl (C=O) groups is 1. The summed E-state index contributed by atoms with van der Waals surface area (Å²) in [6, 6.07) is 4.39. The normalized spacial score (nSPS) is 20.9. The van der Waals surface area contributed by atoms with Crippen LogP contribution in [0.4, 0.5) is 5.69 Å². The molecule has 0 spiro atoms. The van der Waals surface area contributed by atoms with Gasteiger partial charge in [-0.15, -0.1) is 0 Å². The van der Waals surface area contributed by atoms with Crippen LogP contribution < -0.4 is 11.1 Å². The van der Waals surface area contributed by atoms with Crippen LogP contribution in [-0.2, 0) is 0 Å². The maximum Gasteiger partial charge on any atom is 0.253 e. The molecule has 2 rings (SSSR count). The Hall–Kier alpha value is -1.71. The van der Waals surface area contributed by atoms with Crippen LogP contribution in [0.2, 0.25) is 0 Å². The first-order valence-electron chi connectivity index (χ1n) is 5.77. The van der Waals surface area contributed by atoms with Gasteiger partial charge in [0.05, 0.1) is 5.56 Å². The molecule has 0 bridgehead atoms. The second kappa shape index (κ2) is 3.95. The summed E-state index contributed by atoms with van der Waals surface area (Å²) in [5.41, 5.74) is 6.76. The fourth-order valence-electron chi connectivity index (χ4n) is 1.98. The third kappa shape index (κ3) is 2.52. The largest absolute Gasteiger partial charge is 0.508 e. The molecule has 1 amide bonds. The van der Waals surface area contributed by atoms with Crippen molar-refractivity contribution in [3.63, 3.8) is 0 Å². The van der Waals surface area contributed by atoms with Crippen molar-refractivity contribution in [2.24, 2.45) is 11.3 Å². The standard InChI is InChI=1S/C13H18N2O2/c1-13(2)6-8(13)7-15-12(17)10-5-9(16)3-4-11(10)14/h3-5,8,16H,6-7,14H2,1-2H3,(H,15,17). The lowest BCUT2D eigenvalue weighted by molar-refractivity contribution is 0.0951. The summed E-state index contributed by atoms with van der Waals surface area (Å²) in [6.07, 6.45) is 1.14. The first-order valence-corrected chi connectivity index (χ1v) is 5.77. The van der Waals surface area contributed by atoms with Gasteiger partial charge < -0.3 is 16.2 Å². The molecule has 0 radical (unpaired) electrons. The molecule has 4 heteroatoms. The zero-order valence-corrected chi connectivity index (χ0v) is 10.2. The van der Waals surface area contributed by atoms with E-state index in [-0.39, 0.29) is 11.7 Å². The molecule has 0 aliphatic heterocycles. The number of phenols is 1. The average Bonchev–Trinajstić information content (AvgIpc) is 2.87. The number of phenolic OH excluding ortho intramolecular Hbond substituents is 1. The molecule has 1 aromatic carbocycles. The molecule has 1 unspecified atom stereocenters. The van der Waals surface area contributed by atoms with Gasteiger partial charge in [0.2, 0.25) is 0 Å². The second-order valence-corrected chi connectivity index (χ2v) is 5.37. The van der Waals surface area contributed by atoms with E-state index in [0.29, 0.717) is 29.1 Å². The van der Waals surface area contributed by atoms with Crippen molar-refractivity contribution in [1.82, 2.24) is 5.32 Å². The highest BCUT2D eigenvalue weighted by Gasteiger charge is 2.45. The molecule has 92 valence electrons. The summed E-state index contributed by atoms with van der Waals surface area (Å²) in [7, 11) is 0. The molecule has 1 atom stereocenters. The van der Waals surface area contributed by atoms with E-state index in [1.165, 1.54) is 18.2 Å². The third-order valence-electron chi connectivity index (χ3n) is 3.51. The Morgan fingerprint density at radius 3 is 2.82 bits per heavy atom. The molecule has 1 saturated carbocycles. The summed E-state index contributed by atoms with van der Waals surface area (Å²) < 4.78 is 0. The molecular weight excluding hydrogens is 216 g/mol. The molecular formula is C13H18N2O2. The van der Waals surface area contributed by atoms with Crippen LogP contribution >= 0.6 is 0 Å². The number of nitrogen functional groups attached to an aromatic ring is 1. The number of rotatable bonds is 3. The molecule has 17 heavy (non-hydrogen) atoms. The lowest BCUT2D eigenvalue weighted by Gasteiger charge is -2.08. The molecule has 1 fully saturated rings. The van der Waals surface area contributed by atoms with Crippen molar-refractivity contribution in [1.29, 1.82) is 0 Å². The van der Waals surface area contributed by atoms with Crippen molar-refractivity contribution in [2.75, 3.05) is 12.3 Å². The number of nitrogens with one attached hydrogen (secondary N) is 1. The van der Waals surface area contributed by atoms with Crippen LogP contribution in [0.1, 0.15) is 30.6 Å². The highest BCUT2D eigenvalue weighted by atomic mass is 16.3. The van der Waals surface area contributed by atoms with E-state index in [4.69, 9.17) is 5.73 Å². The maximum absolute atomic E-state index is 11.9. The minimum absolute atomic E-state index is 0.0519. The Bertz CT molecular complexity index is 455. The van der Waals surface area contributed by atoms with Crippen LogP contribution in [0.15, 0.2) is 18.2 Å². The van der Waals surface area contributed by atoms with E-state index >= 15 is 0 Å². The van der Waals surface area contributed by atoms with Gasteiger partial charge in [0.25, 0.3) is 5.91 Å². The molecule has 4 nitrogen and oxygen atoms in total. The van der Waals surface area contributed by atoms with Gasteiger partial charge in [0.1, 0.15) is 5.75 Å². The molecule has 0 aromatic heterocycles. The minimum atomic E-state index is -0.221. The van der Waals surface area contributed by atoms with Crippen molar-refractivity contribution >= 4 is 11.6 Å². The Kier molecular flexibility index (Phi) is 2.73. The summed E-state index contributed by atoms with van der Waals surface area (Å²) in [5.74, 6) is 0.377. The molecule has 0 saturated heterocycles. The fourth-order valence-corrected chi connectivity index (χ4v) is 1.98. The van der Waals surface area contributed by atoms with Crippen LogP contribution in [0.5, 0.6) is 5.75 Å². The number of carbonyl (C=O) groups excluding carboxylic acids is 1. The van der Waals surface area contributed by atoms with Crippen LogP contribution in [-0.4, -0.2) is 17.6 Å². The van der Waals surface area contributed by atoms with E-state index in [1.54, 1.807) is 0 Å². The Morgan fingerprint density at radius 1 is 1.59 bits per heavy atom. The quantitative estimate of drug-likeness (QED) is 0.551. The van der Waals surface area contributed by atoms with Crippen LogP contribution in [0.25, 0.3) is 0 Å². The van der Waals surface area contributed by atoms with Gasteiger partial charge in [0, 0.05) is 12.2 Å². The highest BCUT2D eigenvalue weighted by Crippen LogP contribution is 2.50. The first kappa shape index (κ1) is 11.8. The van der Waals surface area contributed by atoms with E-state index in [9.17, 15) is 9.90 Å². The van der Waals surface area contributed by atoms with Gasteiger partial charge in [-0.25, -0.2) is 0 Å². The summed E-state index contributed by atoms with van der Waals surface area (Å²) >= 11 is 0. The first-order chi connectivity index (χ1) is 7.90. The number of hydrogen-bond donors (Lipinski definition) is 3. The summed E-state index contributed by atoms with van der Waals surface area (Å²) in [6.45, 7) is 5.04. The van der Waals surface area contributed by atoms with Gasteiger partial charge in [-0.05, 0) is 36.0 Å². The average molecular weight is 234 g/mol. The fraction of sp³-hybridized carbons (Fsp3) is 0.462. The number of benzene rings is 1. The number of amides is 1. The lowest BCUT2D eigenvalue weighted by Crippen LogP contribution is -2.27. The second-order valence-electron chi connectivity index (χ2n) is 5.37. The summed E-state index contributed by atoms with van der Waals surface area (Å²) in [5, 5.41) is 12.2. The zero-order valence-electron chi connectivity index (χ0n) is 10.2. The van der Waals surface area contributed by atoms with Gasteiger partial charge >= 0.3 is 0 Å². The van der Waals surface area contributed by atoms with Crippen LogP contribution in [0.3, 0.4) is 0 Å². The van der Waals surface area contributed by atoms with E-state index < -0.39 is 0 Å². The smallest absolute Gasteiger partial charge is 0.253 e. The van der Waals surface area contributed by atoms with Gasteiger partial charge in [0.15, 0.2) is 0 Å². The monoisotopic (exact) mass is 234 g/mol. The molecule has 1 aliphatic rings. The van der Waals surface area contributed by atoms with E-state index in [1.807, 2.05) is 0 Å². The molecule has 1 aliphatic carbocycles. The van der Waals surface area contributed by atoms with E-state index in [2.05, 4.69) is 19.2 Å².